The van der Waals surface area contributed by atoms with Gasteiger partial charge in [-0.25, -0.2) is 19.4 Å². The van der Waals surface area contributed by atoms with Crippen LogP contribution < -0.4 is 5.32 Å². The van der Waals surface area contributed by atoms with E-state index in [0.29, 0.717) is 28.7 Å². The molecule has 4 aromatic rings. The Hall–Kier alpha value is -3.91. The number of rotatable bonds is 5. The molecule has 32 heavy (non-hydrogen) atoms. The molecule has 0 atom stereocenters. The number of halogens is 1. The molecular weight excluding hydrogens is 405 g/mol. The third-order valence-corrected chi connectivity index (χ3v) is 5.62. The third kappa shape index (κ3) is 3.54. The lowest BCUT2D eigenvalue weighted by atomic mass is 10.0. The number of pyridine rings is 1. The molecule has 3 aromatic heterocycles. The Labute approximate surface area is 184 Å². The second-order valence-electron chi connectivity index (χ2n) is 7.53. The molecule has 0 spiro atoms. The number of nitrogens with one attached hydrogen (secondary N) is 3. The molecule has 3 N–H and O–H groups in total. The summed E-state index contributed by atoms with van der Waals surface area (Å²) in [5, 5.41) is 11.7. The smallest absolute Gasteiger partial charge is 0.161 e. The number of hydrogen-bond acceptors (Lipinski definition) is 5. The van der Waals surface area contributed by atoms with Crippen LogP contribution in [0.3, 0.4) is 0 Å². The first-order chi connectivity index (χ1) is 15.7. The molecule has 0 aliphatic carbocycles. The summed E-state index contributed by atoms with van der Waals surface area (Å²) in [5.41, 5.74) is 6.00. The van der Waals surface area contributed by atoms with E-state index in [-0.39, 0.29) is 5.82 Å². The molecule has 1 aliphatic rings. The van der Waals surface area contributed by atoms with Crippen molar-refractivity contribution in [3.8, 4) is 11.5 Å². The van der Waals surface area contributed by atoms with E-state index in [9.17, 15) is 4.39 Å². The van der Waals surface area contributed by atoms with E-state index in [1.165, 1.54) is 17.7 Å². The summed E-state index contributed by atoms with van der Waals surface area (Å²) in [6.07, 6.45) is 6.95. The Morgan fingerprint density at radius 1 is 1.25 bits per heavy atom. The Balaban J connectivity index is 1.60. The van der Waals surface area contributed by atoms with Gasteiger partial charge in [0, 0.05) is 18.3 Å². The topological polar surface area (TPSA) is 94.6 Å². The Kier molecular flexibility index (Phi) is 5.20. The normalized spacial score (nSPS) is 14.6. The largest absolute Gasteiger partial charge is 0.321 e. The lowest BCUT2D eigenvalue weighted by molar-refractivity contribution is 0.627. The van der Waals surface area contributed by atoms with Crippen molar-refractivity contribution in [1.82, 2.24) is 30.5 Å². The molecule has 0 saturated carbocycles. The van der Waals surface area contributed by atoms with Gasteiger partial charge in [0.05, 0.1) is 5.39 Å². The second kappa shape index (κ2) is 8.32. The number of aliphatic imine (C=N–C) groups is 1. The third-order valence-electron chi connectivity index (χ3n) is 5.62. The quantitative estimate of drug-likeness (QED) is 0.404. The molecule has 0 bridgehead atoms. The highest BCUT2D eigenvalue weighted by atomic mass is 19.1. The summed E-state index contributed by atoms with van der Waals surface area (Å²) < 4.78 is 13.4. The molecular formula is C24H22FN7. The van der Waals surface area contributed by atoms with E-state index >= 15 is 0 Å². The summed E-state index contributed by atoms with van der Waals surface area (Å²) in [5.74, 6) is 0.802. The minimum Gasteiger partial charge on any atom is -0.321 e. The maximum atomic E-state index is 13.4. The highest BCUT2D eigenvalue weighted by Crippen LogP contribution is 2.34. The van der Waals surface area contributed by atoms with Crippen LogP contribution in [0.5, 0.6) is 0 Å². The van der Waals surface area contributed by atoms with Crippen LogP contribution in [-0.2, 0) is 0 Å². The van der Waals surface area contributed by atoms with E-state index in [1.807, 2.05) is 19.2 Å². The highest BCUT2D eigenvalue weighted by molar-refractivity contribution is 5.92. The van der Waals surface area contributed by atoms with Gasteiger partial charge in [0.15, 0.2) is 17.3 Å². The van der Waals surface area contributed by atoms with Gasteiger partial charge in [0.1, 0.15) is 17.2 Å². The Morgan fingerprint density at radius 3 is 2.81 bits per heavy atom. The maximum absolute atomic E-state index is 13.4. The molecule has 0 fully saturated rings. The van der Waals surface area contributed by atoms with E-state index in [2.05, 4.69) is 49.3 Å². The van der Waals surface area contributed by atoms with Crippen molar-refractivity contribution in [2.75, 3.05) is 13.1 Å². The number of aromatic nitrogens is 5. The van der Waals surface area contributed by atoms with E-state index in [4.69, 9.17) is 4.98 Å². The van der Waals surface area contributed by atoms with Crippen LogP contribution in [0.15, 0.2) is 53.7 Å². The number of aromatic amines is 2. The number of nitrogens with zero attached hydrogens (tertiary/aromatic N) is 4. The number of imidazole rings is 1. The zero-order valence-electron chi connectivity index (χ0n) is 17.6. The average Bonchev–Trinajstić information content (AvgIpc) is 3.45. The Bertz CT molecular complexity index is 1360. The van der Waals surface area contributed by atoms with Crippen LogP contribution in [0.4, 0.5) is 10.2 Å². The first-order valence-electron chi connectivity index (χ1n) is 10.4. The van der Waals surface area contributed by atoms with Gasteiger partial charge in [-0.15, -0.1) is 0 Å². The van der Waals surface area contributed by atoms with Gasteiger partial charge in [-0.2, -0.15) is 5.10 Å². The number of allylic oxidation sites excluding steroid dienone is 1. The molecule has 5 rings (SSSR count). The molecule has 0 unspecified atom stereocenters. The molecule has 8 heteroatoms. The number of hydrogen-bond donors (Lipinski definition) is 3. The van der Waals surface area contributed by atoms with Gasteiger partial charge >= 0.3 is 0 Å². The zero-order chi connectivity index (χ0) is 22.1. The first-order valence-corrected chi connectivity index (χ1v) is 10.4. The van der Waals surface area contributed by atoms with Crippen LogP contribution >= 0.6 is 0 Å². The van der Waals surface area contributed by atoms with Crippen molar-refractivity contribution in [3.05, 3.63) is 71.3 Å². The minimum atomic E-state index is -0.288. The van der Waals surface area contributed by atoms with E-state index < -0.39 is 0 Å². The van der Waals surface area contributed by atoms with Gasteiger partial charge < -0.3 is 10.3 Å². The summed E-state index contributed by atoms with van der Waals surface area (Å²) in [6, 6.07) is 8.39. The van der Waals surface area contributed by atoms with Gasteiger partial charge in [0.2, 0.25) is 0 Å². The Morgan fingerprint density at radius 2 is 2.09 bits per heavy atom. The molecule has 0 amide bonds. The van der Waals surface area contributed by atoms with Crippen molar-refractivity contribution in [3.63, 3.8) is 0 Å². The number of benzene rings is 1. The molecule has 0 radical (unpaired) electrons. The summed E-state index contributed by atoms with van der Waals surface area (Å²) in [7, 11) is 0. The lowest BCUT2D eigenvalue weighted by Gasteiger charge is -2.13. The van der Waals surface area contributed by atoms with Crippen molar-refractivity contribution < 1.29 is 4.39 Å². The molecule has 7 nitrogen and oxygen atoms in total. The van der Waals surface area contributed by atoms with Crippen LogP contribution in [0.1, 0.15) is 30.2 Å². The van der Waals surface area contributed by atoms with Crippen LogP contribution in [-0.4, -0.2) is 45.0 Å². The molecule has 160 valence electrons. The zero-order valence-corrected chi connectivity index (χ0v) is 17.6. The van der Waals surface area contributed by atoms with Crippen LogP contribution in [0.25, 0.3) is 33.7 Å². The van der Waals surface area contributed by atoms with E-state index in [1.54, 1.807) is 12.1 Å². The van der Waals surface area contributed by atoms with E-state index in [0.717, 1.165) is 41.6 Å². The monoisotopic (exact) mass is 427 g/mol. The molecule has 1 aromatic carbocycles. The molecule has 1 aliphatic heterocycles. The first kappa shape index (κ1) is 20.0. The number of fused-ring (bicyclic) bond motifs is 1. The van der Waals surface area contributed by atoms with Crippen molar-refractivity contribution >= 4 is 34.7 Å². The summed E-state index contributed by atoms with van der Waals surface area (Å²) >= 11 is 0. The summed E-state index contributed by atoms with van der Waals surface area (Å²) in [4.78, 5) is 16.7. The fourth-order valence-corrected chi connectivity index (χ4v) is 3.99. The van der Waals surface area contributed by atoms with Gasteiger partial charge in [-0.3, -0.25) is 5.10 Å². The second-order valence-corrected chi connectivity index (χ2v) is 7.53. The maximum Gasteiger partial charge on any atom is 0.161 e. The van der Waals surface area contributed by atoms with Crippen molar-refractivity contribution in [1.29, 1.82) is 0 Å². The van der Waals surface area contributed by atoms with Crippen molar-refractivity contribution in [2.24, 2.45) is 4.99 Å². The van der Waals surface area contributed by atoms with Gasteiger partial charge in [-0.1, -0.05) is 24.3 Å². The minimum absolute atomic E-state index is 0.288. The predicted molar refractivity (Wildman–Crippen MR) is 125 cm³/mol. The number of H-pyrrole nitrogens is 2. The summed E-state index contributed by atoms with van der Waals surface area (Å²) in [6.45, 7) is 7.41. The van der Waals surface area contributed by atoms with Crippen LogP contribution in [0.2, 0.25) is 0 Å². The standard InChI is InChI=1S/C24H22FN7/c1-3-18(15-4-6-17(25)7-5-15)20-23(26-2)30-24(29-20)21-19-12-16(13-28-22(19)32-31-21)14-8-10-27-11-9-14/h3-8,12-13,27H,2,9-11H2,1H3,(H,29,30)(H,28,31,32)/b18-3-. The highest BCUT2D eigenvalue weighted by Gasteiger charge is 2.20. The predicted octanol–water partition coefficient (Wildman–Crippen LogP) is 4.65. The molecule has 4 heterocycles. The SMILES string of the molecule is C=Nc1[nH]c(-c2n[nH]c3ncc(C4=CCNCC4)cc23)nc1/C(=C\C)c1ccc(F)cc1. The fraction of sp³-hybridized carbons (Fsp3) is 0.167. The molecule has 0 saturated heterocycles. The van der Waals surface area contributed by atoms with Crippen molar-refractivity contribution in [2.45, 2.75) is 13.3 Å². The lowest BCUT2D eigenvalue weighted by Crippen LogP contribution is -2.20. The average molecular weight is 427 g/mol. The van der Waals surface area contributed by atoms with Crippen LogP contribution in [0, 0.1) is 5.82 Å². The fourth-order valence-electron chi connectivity index (χ4n) is 3.99. The van der Waals surface area contributed by atoms with Gasteiger partial charge in [0.25, 0.3) is 0 Å². The van der Waals surface area contributed by atoms with Gasteiger partial charge in [-0.05, 0) is 61.5 Å².